The van der Waals surface area contributed by atoms with Crippen molar-refractivity contribution in [3.05, 3.63) is 28.8 Å². The van der Waals surface area contributed by atoms with E-state index in [9.17, 15) is 9.90 Å². The van der Waals surface area contributed by atoms with Crippen LogP contribution in [0.4, 0.5) is 4.79 Å². The lowest BCUT2D eigenvalue weighted by Crippen LogP contribution is -2.40. The number of likely N-dealkylation sites (N-methyl/N-ethyl adjacent to an activating group) is 1. The van der Waals surface area contributed by atoms with Crippen molar-refractivity contribution in [3.8, 4) is 5.75 Å². The molecule has 1 aromatic carbocycles. The van der Waals surface area contributed by atoms with Gasteiger partial charge < -0.3 is 20.1 Å². The van der Waals surface area contributed by atoms with Crippen molar-refractivity contribution >= 4 is 17.7 Å². The molecule has 0 fully saturated rings. The molecular weight excluding hydrogens is 304 g/mol. The zero-order chi connectivity index (χ0) is 16.8. The largest absolute Gasteiger partial charge is 0.506 e. The molecule has 0 aliphatic carbocycles. The number of nitrogens with zero attached hydrogens (tertiary/aromatic N) is 1. The number of hydrogen-bond acceptors (Lipinski definition) is 4. The number of nitrogens with one attached hydrogen (secondary N) is 1. The van der Waals surface area contributed by atoms with Gasteiger partial charge >= 0.3 is 6.09 Å². The molecule has 1 amide bonds. The fourth-order valence-electron chi connectivity index (χ4n) is 1.84. The maximum Gasteiger partial charge on any atom is 0.410 e. The lowest BCUT2D eigenvalue weighted by Gasteiger charge is -2.26. The van der Waals surface area contributed by atoms with Crippen molar-refractivity contribution in [2.45, 2.75) is 39.8 Å². The minimum absolute atomic E-state index is 0.0937. The molecule has 0 aliphatic heterocycles. The average Bonchev–Trinajstić information content (AvgIpc) is 2.41. The van der Waals surface area contributed by atoms with E-state index in [0.29, 0.717) is 31.2 Å². The van der Waals surface area contributed by atoms with Crippen molar-refractivity contribution in [2.24, 2.45) is 0 Å². The quantitative estimate of drug-likeness (QED) is 0.786. The Labute approximate surface area is 137 Å². The molecule has 1 rings (SSSR count). The molecule has 0 bridgehead atoms. The standard InChI is InChI=1S/C16H25ClN2O3/c1-5-19(15(21)22-16(2,3)4)10-9-18-11-12-7-6-8-13(17)14(12)20/h6-8,18,20H,5,9-11H2,1-4H3. The van der Waals surface area contributed by atoms with Crippen molar-refractivity contribution in [3.63, 3.8) is 0 Å². The number of carbonyl (C=O) groups is 1. The second kappa shape index (κ2) is 8.25. The fourth-order valence-corrected chi connectivity index (χ4v) is 2.04. The molecule has 0 saturated carbocycles. The molecule has 5 nitrogen and oxygen atoms in total. The SMILES string of the molecule is CCN(CCNCc1cccc(Cl)c1O)C(=O)OC(C)(C)C. The lowest BCUT2D eigenvalue weighted by atomic mass is 10.2. The highest BCUT2D eigenvalue weighted by Gasteiger charge is 2.20. The van der Waals surface area contributed by atoms with Crippen LogP contribution in [0, 0.1) is 0 Å². The summed E-state index contributed by atoms with van der Waals surface area (Å²) in [5.74, 6) is 0.0937. The fraction of sp³-hybridized carbons (Fsp3) is 0.562. The molecule has 22 heavy (non-hydrogen) atoms. The van der Waals surface area contributed by atoms with Crippen LogP contribution in [0.2, 0.25) is 5.02 Å². The van der Waals surface area contributed by atoms with E-state index in [4.69, 9.17) is 16.3 Å². The van der Waals surface area contributed by atoms with Crippen LogP contribution in [0.25, 0.3) is 0 Å². The van der Waals surface area contributed by atoms with Crippen molar-refractivity contribution in [1.29, 1.82) is 0 Å². The van der Waals surface area contributed by atoms with Gasteiger partial charge in [0.05, 0.1) is 5.02 Å². The summed E-state index contributed by atoms with van der Waals surface area (Å²) < 4.78 is 5.34. The molecule has 0 unspecified atom stereocenters. The lowest BCUT2D eigenvalue weighted by molar-refractivity contribution is 0.0262. The Morgan fingerprint density at radius 2 is 2.09 bits per heavy atom. The highest BCUT2D eigenvalue weighted by Crippen LogP contribution is 2.26. The van der Waals surface area contributed by atoms with Gasteiger partial charge in [-0.1, -0.05) is 23.7 Å². The maximum atomic E-state index is 12.0. The summed E-state index contributed by atoms with van der Waals surface area (Å²) in [4.78, 5) is 13.6. The predicted molar refractivity (Wildman–Crippen MR) is 88.3 cm³/mol. The van der Waals surface area contributed by atoms with E-state index in [0.717, 1.165) is 5.56 Å². The zero-order valence-electron chi connectivity index (χ0n) is 13.6. The van der Waals surface area contributed by atoms with Gasteiger partial charge in [-0.15, -0.1) is 0 Å². The predicted octanol–water partition coefficient (Wildman–Crippen LogP) is 3.39. The molecule has 124 valence electrons. The normalized spacial score (nSPS) is 11.3. The summed E-state index contributed by atoms with van der Waals surface area (Å²) in [5.41, 5.74) is 0.234. The number of phenolic OH excluding ortho intramolecular Hbond substituents is 1. The van der Waals surface area contributed by atoms with Gasteiger partial charge in [0.15, 0.2) is 0 Å². The Morgan fingerprint density at radius 3 is 2.68 bits per heavy atom. The van der Waals surface area contributed by atoms with E-state index in [-0.39, 0.29) is 11.8 Å². The summed E-state index contributed by atoms with van der Waals surface area (Å²) in [6.45, 7) is 9.65. The van der Waals surface area contributed by atoms with E-state index >= 15 is 0 Å². The molecule has 0 atom stereocenters. The van der Waals surface area contributed by atoms with Gasteiger partial charge in [0.1, 0.15) is 11.4 Å². The molecule has 0 aromatic heterocycles. The minimum Gasteiger partial charge on any atom is -0.506 e. The molecule has 0 aliphatic rings. The molecular formula is C16H25ClN2O3. The summed E-state index contributed by atoms with van der Waals surface area (Å²) in [6.07, 6.45) is -0.317. The van der Waals surface area contributed by atoms with E-state index < -0.39 is 5.60 Å². The maximum absolute atomic E-state index is 12.0. The first kappa shape index (κ1) is 18.6. The van der Waals surface area contributed by atoms with Crippen LogP contribution in [0.5, 0.6) is 5.75 Å². The first-order valence-corrected chi connectivity index (χ1v) is 7.77. The van der Waals surface area contributed by atoms with E-state index in [1.807, 2.05) is 27.7 Å². The summed E-state index contributed by atoms with van der Waals surface area (Å²) in [7, 11) is 0. The number of rotatable bonds is 6. The van der Waals surface area contributed by atoms with E-state index in [1.165, 1.54) is 0 Å². The number of amides is 1. The summed E-state index contributed by atoms with van der Waals surface area (Å²) in [6, 6.07) is 5.24. The third-order valence-corrected chi connectivity index (χ3v) is 3.28. The molecule has 2 N–H and O–H groups in total. The van der Waals surface area contributed by atoms with Crippen LogP contribution in [-0.4, -0.2) is 41.3 Å². The third-order valence-electron chi connectivity index (χ3n) is 2.98. The van der Waals surface area contributed by atoms with Gasteiger partial charge in [0.2, 0.25) is 0 Å². The molecule has 0 spiro atoms. The molecule has 0 saturated heterocycles. The van der Waals surface area contributed by atoms with Crippen LogP contribution in [-0.2, 0) is 11.3 Å². The van der Waals surface area contributed by atoms with E-state index in [1.54, 1.807) is 23.1 Å². The first-order valence-electron chi connectivity index (χ1n) is 7.39. The van der Waals surface area contributed by atoms with Crippen molar-refractivity contribution in [2.75, 3.05) is 19.6 Å². The Bertz CT molecular complexity index is 501. The minimum atomic E-state index is -0.496. The number of carbonyl (C=O) groups excluding carboxylic acids is 1. The Kier molecular flexibility index (Phi) is 6.97. The van der Waals surface area contributed by atoms with Gasteiger partial charge in [-0.25, -0.2) is 4.79 Å². The van der Waals surface area contributed by atoms with Gasteiger partial charge in [-0.3, -0.25) is 0 Å². The number of ether oxygens (including phenoxy) is 1. The number of phenols is 1. The van der Waals surface area contributed by atoms with Crippen LogP contribution in [0.1, 0.15) is 33.3 Å². The Balaban J connectivity index is 2.42. The van der Waals surface area contributed by atoms with Gasteiger partial charge in [0.25, 0.3) is 0 Å². The second-order valence-corrected chi connectivity index (χ2v) is 6.39. The Morgan fingerprint density at radius 1 is 1.41 bits per heavy atom. The van der Waals surface area contributed by atoms with Crippen LogP contribution >= 0.6 is 11.6 Å². The van der Waals surface area contributed by atoms with Gasteiger partial charge in [0, 0.05) is 31.7 Å². The molecule has 0 heterocycles. The van der Waals surface area contributed by atoms with Crippen molar-refractivity contribution < 1.29 is 14.6 Å². The number of benzene rings is 1. The molecule has 1 aromatic rings. The smallest absolute Gasteiger partial charge is 0.410 e. The van der Waals surface area contributed by atoms with E-state index in [2.05, 4.69) is 5.32 Å². The van der Waals surface area contributed by atoms with Crippen LogP contribution in [0.15, 0.2) is 18.2 Å². The number of halogens is 1. The molecule has 0 radical (unpaired) electrons. The number of aromatic hydroxyl groups is 1. The second-order valence-electron chi connectivity index (χ2n) is 5.98. The van der Waals surface area contributed by atoms with Gasteiger partial charge in [-0.05, 0) is 33.8 Å². The Hall–Kier alpha value is -1.46. The van der Waals surface area contributed by atoms with Crippen LogP contribution < -0.4 is 5.32 Å². The van der Waals surface area contributed by atoms with Crippen LogP contribution in [0.3, 0.4) is 0 Å². The van der Waals surface area contributed by atoms with Gasteiger partial charge in [-0.2, -0.15) is 0 Å². The highest BCUT2D eigenvalue weighted by molar-refractivity contribution is 6.32. The number of hydrogen-bond donors (Lipinski definition) is 2. The average molecular weight is 329 g/mol. The third kappa shape index (κ3) is 6.12. The number of para-hydroxylation sites is 1. The summed E-state index contributed by atoms with van der Waals surface area (Å²) in [5, 5.41) is 13.3. The zero-order valence-corrected chi connectivity index (χ0v) is 14.4. The monoisotopic (exact) mass is 328 g/mol. The van der Waals surface area contributed by atoms with Crippen molar-refractivity contribution in [1.82, 2.24) is 10.2 Å². The topological polar surface area (TPSA) is 61.8 Å². The molecule has 6 heteroatoms. The first-order chi connectivity index (χ1) is 10.2. The summed E-state index contributed by atoms with van der Waals surface area (Å²) >= 11 is 5.86. The highest BCUT2D eigenvalue weighted by atomic mass is 35.5.